The summed E-state index contributed by atoms with van der Waals surface area (Å²) < 4.78 is 14.4. The molecule has 0 radical (unpaired) electrons. The fourth-order valence-electron chi connectivity index (χ4n) is 2.87. The van der Waals surface area contributed by atoms with Gasteiger partial charge in [-0.3, -0.25) is 0 Å². The molecule has 1 heterocycles. The third-order valence-corrected chi connectivity index (χ3v) is 5.17. The Labute approximate surface area is 137 Å². The Balaban J connectivity index is 2.08. The van der Waals surface area contributed by atoms with Gasteiger partial charge in [-0.15, -0.1) is 0 Å². The number of anilines is 1. The van der Waals surface area contributed by atoms with Gasteiger partial charge < -0.3 is 5.73 Å². The molecule has 2 aromatic rings. The first-order valence-corrected chi connectivity index (χ1v) is 8.23. The van der Waals surface area contributed by atoms with Gasteiger partial charge in [-0.2, -0.15) is 0 Å². The predicted octanol–water partition coefficient (Wildman–Crippen LogP) is 4.44. The minimum Gasteiger partial charge on any atom is -0.383 e. The average Bonchev–Trinajstić information content (AvgIpc) is 2.98. The molecule has 1 fully saturated rings. The molecule has 21 heavy (non-hydrogen) atoms. The Morgan fingerprint density at radius 3 is 2.62 bits per heavy atom. The maximum Gasteiger partial charge on any atom is 0.161 e. The van der Waals surface area contributed by atoms with Crippen LogP contribution in [0.15, 0.2) is 18.2 Å². The van der Waals surface area contributed by atoms with Crippen LogP contribution in [0.25, 0.3) is 11.4 Å². The van der Waals surface area contributed by atoms with Crippen LogP contribution in [0.4, 0.5) is 10.2 Å². The van der Waals surface area contributed by atoms with Gasteiger partial charge in [-0.1, -0.05) is 12.8 Å². The van der Waals surface area contributed by atoms with E-state index in [4.69, 9.17) is 10.7 Å². The van der Waals surface area contributed by atoms with Crippen LogP contribution in [0.1, 0.15) is 42.9 Å². The molecule has 3 nitrogen and oxygen atoms in total. The quantitative estimate of drug-likeness (QED) is 0.763. The summed E-state index contributed by atoms with van der Waals surface area (Å²) in [7, 11) is 0. The van der Waals surface area contributed by atoms with E-state index in [0.29, 0.717) is 23.1 Å². The highest BCUT2D eigenvalue weighted by molar-refractivity contribution is 14.1. The van der Waals surface area contributed by atoms with Crippen molar-refractivity contribution in [2.75, 3.05) is 5.73 Å². The van der Waals surface area contributed by atoms with E-state index < -0.39 is 0 Å². The van der Waals surface area contributed by atoms with Crippen LogP contribution in [0.3, 0.4) is 0 Å². The number of rotatable bonds is 2. The number of nitrogens with two attached hydrogens (primary N) is 1. The minimum absolute atomic E-state index is 0.215. The number of halogens is 2. The van der Waals surface area contributed by atoms with Crippen molar-refractivity contribution in [1.29, 1.82) is 0 Å². The van der Waals surface area contributed by atoms with Gasteiger partial charge in [0.25, 0.3) is 0 Å². The number of hydrogen-bond acceptors (Lipinski definition) is 3. The summed E-state index contributed by atoms with van der Waals surface area (Å²) in [5, 5.41) is 0. The Hall–Kier alpha value is -1.24. The van der Waals surface area contributed by atoms with Crippen LogP contribution in [0.2, 0.25) is 0 Å². The van der Waals surface area contributed by atoms with E-state index in [0.717, 1.165) is 27.7 Å². The van der Waals surface area contributed by atoms with Crippen LogP contribution < -0.4 is 5.73 Å². The summed E-state index contributed by atoms with van der Waals surface area (Å²) in [5.41, 5.74) is 8.52. The maximum atomic E-state index is 13.4. The molecular weight excluding hydrogens is 380 g/mol. The zero-order chi connectivity index (χ0) is 15.0. The molecule has 0 saturated heterocycles. The van der Waals surface area contributed by atoms with E-state index >= 15 is 0 Å². The second kappa shape index (κ2) is 5.87. The lowest BCUT2D eigenvalue weighted by Gasteiger charge is -2.14. The van der Waals surface area contributed by atoms with Crippen molar-refractivity contribution < 1.29 is 4.39 Å². The predicted molar refractivity (Wildman–Crippen MR) is 90.5 cm³/mol. The Morgan fingerprint density at radius 1 is 1.24 bits per heavy atom. The van der Waals surface area contributed by atoms with E-state index in [9.17, 15) is 4.39 Å². The van der Waals surface area contributed by atoms with Crippen LogP contribution in [-0.2, 0) is 0 Å². The zero-order valence-corrected chi connectivity index (χ0v) is 14.0. The molecule has 0 aliphatic heterocycles. The lowest BCUT2D eigenvalue weighted by molar-refractivity contribution is 0.618. The summed E-state index contributed by atoms with van der Waals surface area (Å²) in [4.78, 5) is 9.12. The molecule has 1 aliphatic carbocycles. The van der Waals surface area contributed by atoms with E-state index in [2.05, 4.69) is 27.6 Å². The summed E-state index contributed by atoms with van der Waals surface area (Å²) in [6, 6.07) is 4.94. The Kier molecular flexibility index (Phi) is 4.10. The summed E-state index contributed by atoms with van der Waals surface area (Å²) in [6.45, 7) is 1.74. The molecule has 5 heteroatoms. The first-order valence-electron chi connectivity index (χ1n) is 7.15. The SMILES string of the molecule is Cc1cc(-c2nc(N)c(I)c(C3CCCC3)n2)ccc1F. The van der Waals surface area contributed by atoms with Crippen molar-refractivity contribution in [3.8, 4) is 11.4 Å². The fraction of sp³-hybridized carbons (Fsp3) is 0.375. The maximum absolute atomic E-state index is 13.4. The molecule has 0 amide bonds. The van der Waals surface area contributed by atoms with Crippen molar-refractivity contribution in [2.45, 2.75) is 38.5 Å². The van der Waals surface area contributed by atoms with Gasteiger partial charge in [-0.25, -0.2) is 14.4 Å². The van der Waals surface area contributed by atoms with Gasteiger partial charge in [0.1, 0.15) is 11.6 Å². The monoisotopic (exact) mass is 397 g/mol. The number of aromatic nitrogens is 2. The normalized spacial score (nSPS) is 15.6. The summed E-state index contributed by atoms with van der Waals surface area (Å²) in [5.74, 6) is 1.37. The highest BCUT2D eigenvalue weighted by atomic mass is 127. The van der Waals surface area contributed by atoms with Gasteiger partial charge in [0.15, 0.2) is 5.82 Å². The number of aryl methyl sites for hydroxylation is 1. The number of hydrogen-bond donors (Lipinski definition) is 1. The smallest absolute Gasteiger partial charge is 0.161 e. The standard InChI is InChI=1S/C16H17FIN3/c1-9-8-11(6-7-12(9)17)16-20-14(10-4-2-3-5-10)13(18)15(19)21-16/h6-8,10H,2-5H2,1H3,(H2,19,20,21). The fourth-order valence-corrected chi connectivity index (χ4v) is 3.55. The Morgan fingerprint density at radius 2 is 1.95 bits per heavy atom. The third-order valence-electron chi connectivity index (χ3n) is 4.06. The minimum atomic E-state index is -0.215. The van der Waals surface area contributed by atoms with E-state index in [1.807, 2.05) is 0 Å². The van der Waals surface area contributed by atoms with Gasteiger partial charge >= 0.3 is 0 Å². The highest BCUT2D eigenvalue weighted by Gasteiger charge is 2.23. The molecule has 1 aromatic heterocycles. The zero-order valence-electron chi connectivity index (χ0n) is 11.9. The van der Waals surface area contributed by atoms with Crippen LogP contribution in [0, 0.1) is 16.3 Å². The first-order chi connectivity index (χ1) is 10.1. The van der Waals surface area contributed by atoms with Crippen LogP contribution in [0.5, 0.6) is 0 Å². The lowest BCUT2D eigenvalue weighted by Crippen LogP contribution is -2.08. The molecule has 2 N–H and O–H groups in total. The second-order valence-electron chi connectivity index (χ2n) is 5.58. The van der Waals surface area contributed by atoms with Crippen LogP contribution in [-0.4, -0.2) is 9.97 Å². The van der Waals surface area contributed by atoms with Crippen molar-refractivity contribution in [2.24, 2.45) is 0 Å². The van der Waals surface area contributed by atoms with Gasteiger partial charge in [0.05, 0.1) is 9.26 Å². The van der Waals surface area contributed by atoms with Crippen molar-refractivity contribution in [3.63, 3.8) is 0 Å². The third kappa shape index (κ3) is 2.88. The highest BCUT2D eigenvalue weighted by Crippen LogP contribution is 2.37. The molecule has 110 valence electrons. The van der Waals surface area contributed by atoms with Crippen LogP contribution >= 0.6 is 22.6 Å². The first kappa shape index (κ1) is 14.7. The van der Waals surface area contributed by atoms with Crippen molar-refractivity contribution in [1.82, 2.24) is 9.97 Å². The topological polar surface area (TPSA) is 51.8 Å². The molecule has 0 atom stereocenters. The van der Waals surface area contributed by atoms with Gasteiger partial charge in [0, 0.05) is 11.5 Å². The number of nitrogen functional groups attached to an aromatic ring is 1. The number of nitrogens with zero attached hydrogens (tertiary/aromatic N) is 2. The van der Waals surface area contributed by atoms with Crippen molar-refractivity contribution >= 4 is 28.4 Å². The average molecular weight is 397 g/mol. The molecule has 1 aliphatic rings. The summed E-state index contributed by atoms with van der Waals surface area (Å²) in [6.07, 6.45) is 4.81. The molecule has 3 rings (SSSR count). The Bertz CT molecular complexity index is 681. The van der Waals surface area contributed by atoms with Gasteiger partial charge in [-0.05, 0) is 66.1 Å². The molecule has 1 saturated carbocycles. The largest absolute Gasteiger partial charge is 0.383 e. The summed E-state index contributed by atoms with van der Waals surface area (Å²) >= 11 is 2.23. The molecular formula is C16H17FIN3. The number of benzene rings is 1. The molecule has 1 aromatic carbocycles. The van der Waals surface area contributed by atoms with Crippen molar-refractivity contribution in [3.05, 3.63) is 38.8 Å². The lowest BCUT2D eigenvalue weighted by atomic mass is 10.0. The van der Waals surface area contributed by atoms with Gasteiger partial charge in [0.2, 0.25) is 0 Å². The van der Waals surface area contributed by atoms with E-state index in [-0.39, 0.29) is 5.82 Å². The molecule has 0 bridgehead atoms. The molecule has 0 spiro atoms. The molecule has 0 unspecified atom stereocenters. The van der Waals surface area contributed by atoms with E-state index in [1.54, 1.807) is 19.1 Å². The second-order valence-corrected chi connectivity index (χ2v) is 6.66. The van der Waals surface area contributed by atoms with E-state index in [1.165, 1.54) is 18.9 Å².